The van der Waals surface area contributed by atoms with Crippen LogP contribution in [0.25, 0.3) is 0 Å². The summed E-state index contributed by atoms with van der Waals surface area (Å²) in [7, 11) is -3.90. The number of aliphatic imine (C=N–C) groups is 1. The van der Waals surface area contributed by atoms with Gasteiger partial charge in [0.15, 0.2) is 0 Å². The summed E-state index contributed by atoms with van der Waals surface area (Å²) in [5.74, 6) is -4.55. The molecule has 16 heteroatoms. The number of amidine groups is 1. The van der Waals surface area contributed by atoms with Gasteiger partial charge >= 0.3 is 12.7 Å². The second-order valence-corrected chi connectivity index (χ2v) is 13.3. The van der Waals surface area contributed by atoms with E-state index in [0.29, 0.717) is 5.69 Å². The number of hydrogen-bond donors (Lipinski definition) is 5. The van der Waals surface area contributed by atoms with Crippen molar-refractivity contribution in [2.75, 3.05) is 11.9 Å². The zero-order valence-corrected chi connectivity index (χ0v) is 21.9. The maximum absolute atomic E-state index is 15.3. The number of halogens is 5. The SMILES string of the molecule is CC1(C)C(NC(=O)O)=N[C@](C)(c2nc(NCc3ccc(OC(F)F)cn3)ccc2F)[C@H]2CC(F)(F)CN[SH]21=O. The minimum atomic E-state index is -3.90. The molecule has 0 unspecified atom stereocenters. The molecule has 0 saturated carbocycles. The third-order valence-corrected chi connectivity index (χ3v) is 11.0. The molecule has 4 rings (SSSR count). The monoisotopic (exact) mass is 578 g/mol. The van der Waals surface area contributed by atoms with Crippen LogP contribution in [0.1, 0.15) is 38.6 Å². The minimum Gasteiger partial charge on any atom is -0.465 e. The molecule has 214 valence electrons. The Balaban J connectivity index is 1.73. The summed E-state index contributed by atoms with van der Waals surface area (Å²) in [6.07, 6.45) is -1.31. The molecule has 0 spiro atoms. The molecule has 39 heavy (non-hydrogen) atoms. The predicted molar refractivity (Wildman–Crippen MR) is 133 cm³/mol. The van der Waals surface area contributed by atoms with E-state index in [2.05, 4.69) is 35.1 Å². The Morgan fingerprint density at radius 3 is 2.59 bits per heavy atom. The van der Waals surface area contributed by atoms with Crippen molar-refractivity contribution < 1.29 is 40.8 Å². The lowest BCUT2D eigenvalue weighted by Gasteiger charge is -2.57. The van der Waals surface area contributed by atoms with Crippen LogP contribution in [0.3, 0.4) is 0 Å². The van der Waals surface area contributed by atoms with E-state index >= 15 is 4.39 Å². The standard InChI is InChI=1S/C23H27F5N6O4S/c1-21(2)18(33-20(35)36)34-22(3,15-8-23(27,28)11-31-39(15,21)37)17-14(24)6-7-16(32-17)30-9-12-4-5-13(10-29-12)38-19(25)26/h4-7,10,15,19,39H,8-9,11H2,1-3H3,(H,30,32)(H,31,37)(H,33,34)(H,35,36)/t15-,22+/m1/s1. The zero-order chi connectivity index (χ0) is 28.8. The van der Waals surface area contributed by atoms with E-state index in [4.69, 9.17) is 0 Å². The highest BCUT2D eigenvalue weighted by Gasteiger charge is 2.62. The summed E-state index contributed by atoms with van der Waals surface area (Å²) in [5, 5.41) is 12.9. The van der Waals surface area contributed by atoms with E-state index in [9.17, 15) is 31.7 Å². The molecule has 2 aliphatic rings. The van der Waals surface area contributed by atoms with E-state index in [0.717, 1.165) is 12.3 Å². The first-order chi connectivity index (χ1) is 18.1. The van der Waals surface area contributed by atoms with Crippen LogP contribution in [-0.4, -0.2) is 60.3 Å². The number of fused-ring (bicyclic) bond motifs is 1. The number of amides is 1. The summed E-state index contributed by atoms with van der Waals surface area (Å²) in [4.78, 5) is 24.1. The third kappa shape index (κ3) is 5.39. The average molecular weight is 579 g/mol. The molecule has 1 saturated heterocycles. The summed E-state index contributed by atoms with van der Waals surface area (Å²) in [6, 6.07) is 5.00. The second-order valence-electron chi connectivity index (χ2n) is 9.91. The lowest BCUT2D eigenvalue weighted by atomic mass is 9.88. The number of nitrogens with one attached hydrogen (secondary N) is 3. The molecule has 1 fully saturated rings. The van der Waals surface area contributed by atoms with Crippen molar-refractivity contribution in [3.05, 3.63) is 47.7 Å². The van der Waals surface area contributed by atoms with Crippen LogP contribution in [0, 0.1) is 5.82 Å². The molecular weight excluding hydrogens is 551 g/mol. The predicted octanol–water partition coefficient (Wildman–Crippen LogP) is 3.43. The minimum absolute atomic E-state index is 0.0212. The Labute approximate surface area is 221 Å². The topological polar surface area (TPSA) is 138 Å². The Morgan fingerprint density at radius 1 is 1.26 bits per heavy atom. The van der Waals surface area contributed by atoms with Gasteiger partial charge in [0.1, 0.15) is 34.5 Å². The molecule has 1 amide bonds. The number of anilines is 1. The maximum atomic E-state index is 15.3. The van der Waals surface area contributed by atoms with Gasteiger partial charge in [-0.3, -0.25) is 24.2 Å². The summed E-state index contributed by atoms with van der Waals surface area (Å²) >= 11 is 0. The third-order valence-electron chi connectivity index (χ3n) is 6.93. The van der Waals surface area contributed by atoms with E-state index in [-0.39, 0.29) is 23.9 Å². The van der Waals surface area contributed by atoms with Crippen molar-refractivity contribution >= 4 is 27.9 Å². The maximum Gasteiger partial charge on any atom is 0.410 e. The molecule has 10 nitrogen and oxygen atoms in total. The lowest BCUT2D eigenvalue weighted by Crippen LogP contribution is -2.73. The van der Waals surface area contributed by atoms with Crippen molar-refractivity contribution in [2.45, 2.75) is 61.8 Å². The van der Waals surface area contributed by atoms with Crippen LogP contribution in [0.15, 0.2) is 35.5 Å². The zero-order valence-electron chi connectivity index (χ0n) is 21.0. The summed E-state index contributed by atoms with van der Waals surface area (Å²) in [5.41, 5.74) is -1.97. The van der Waals surface area contributed by atoms with Crippen LogP contribution in [-0.2, 0) is 22.2 Å². The molecule has 4 heterocycles. The molecule has 2 aromatic rings. The Morgan fingerprint density at radius 2 is 1.97 bits per heavy atom. The average Bonchev–Trinajstić information content (AvgIpc) is 2.84. The fourth-order valence-corrected chi connectivity index (χ4v) is 8.52. The van der Waals surface area contributed by atoms with E-state index in [1.165, 1.54) is 39.0 Å². The van der Waals surface area contributed by atoms with E-state index in [1.807, 2.05) is 0 Å². The second kappa shape index (κ2) is 9.97. The smallest absolute Gasteiger partial charge is 0.410 e. The number of nitrogens with zero attached hydrogens (tertiary/aromatic N) is 3. The molecule has 0 radical (unpaired) electrons. The largest absolute Gasteiger partial charge is 0.465 e. The first-order valence-electron chi connectivity index (χ1n) is 11.7. The quantitative estimate of drug-likeness (QED) is 0.262. The van der Waals surface area contributed by atoms with E-state index in [1.54, 1.807) is 0 Å². The molecule has 2 aliphatic heterocycles. The number of hydrogen-bond acceptors (Lipinski definition) is 7. The first kappa shape index (κ1) is 28.6. The van der Waals surface area contributed by atoms with Crippen molar-refractivity contribution in [3.63, 3.8) is 0 Å². The van der Waals surface area contributed by atoms with Crippen LogP contribution in [0.4, 0.5) is 32.6 Å². The first-order valence-corrected chi connectivity index (χ1v) is 13.5. The number of thiol groups is 1. The van der Waals surface area contributed by atoms with Gasteiger partial charge in [-0.15, -0.1) is 0 Å². The van der Waals surface area contributed by atoms with Gasteiger partial charge in [0.2, 0.25) is 0 Å². The highest BCUT2D eigenvalue weighted by molar-refractivity contribution is 8.04. The Bertz CT molecular complexity index is 1340. The summed E-state index contributed by atoms with van der Waals surface area (Å²) < 4.78 is 88.8. The molecular formula is C23H27F5N6O4S. The summed E-state index contributed by atoms with van der Waals surface area (Å²) in [6.45, 7) is 0.271. The van der Waals surface area contributed by atoms with Crippen molar-refractivity contribution in [2.24, 2.45) is 4.99 Å². The molecule has 0 aromatic carbocycles. The van der Waals surface area contributed by atoms with Crippen LogP contribution in [0.2, 0.25) is 0 Å². The molecule has 2 aromatic heterocycles. The molecule has 0 bridgehead atoms. The normalized spacial score (nSPS) is 25.7. The van der Waals surface area contributed by atoms with Crippen molar-refractivity contribution in [1.29, 1.82) is 0 Å². The lowest BCUT2D eigenvalue weighted by molar-refractivity contribution is -0.0501. The number of pyridine rings is 2. The van der Waals surface area contributed by atoms with Gasteiger partial charge in [-0.2, -0.15) is 8.78 Å². The number of alkyl halides is 4. The van der Waals surface area contributed by atoms with Gasteiger partial charge in [0.05, 0.1) is 35.0 Å². The highest BCUT2D eigenvalue weighted by Crippen LogP contribution is 2.50. The van der Waals surface area contributed by atoms with Gasteiger partial charge in [0.25, 0.3) is 5.92 Å². The van der Waals surface area contributed by atoms with Gasteiger partial charge in [-0.1, -0.05) is 0 Å². The number of rotatable bonds is 6. The fraction of sp³-hybridized carbons (Fsp3) is 0.478. The van der Waals surface area contributed by atoms with Crippen LogP contribution >= 0.6 is 0 Å². The molecule has 4 N–H and O–H groups in total. The number of ether oxygens (including phenoxy) is 1. The molecule has 2 atom stereocenters. The Kier molecular flexibility index (Phi) is 7.31. The van der Waals surface area contributed by atoms with Crippen molar-refractivity contribution in [3.8, 4) is 5.75 Å². The van der Waals surface area contributed by atoms with Crippen molar-refractivity contribution in [1.82, 2.24) is 20.0 Å². The molecule has 0 aliphatic carbocycles. The van der Waals surface area contributed by atoms with Gasteiger partial charge < -0.3 is 15.2 Å². The van der Waals surface area contributed by atoms with Crippen LogP contribution in [0.5, 0.6) is 5.75 Å². The van der Waals surface area contributed by atoms with Crippen LogP contribution < -0.4 is 20.1 Å². The van der Waals surface area contributed by atoms with E-state index < -0.39 is 68.8 Å². The van der Waals surface area contributed by atoms with Gasteiger partial charge in [-0.25, -0.2) is 22.9 Å². The van der Waals surface area contributed by atoms with Gasteiger partial charge in [-0.05, 0) is 55.2 Å². The number of aromatic nitrogens is 2. The number of carboxylic acid groups (broad SMARTS) is 1. The number of carbonyl (C=O) groups is 1. The Hall–Kier alpha value is -3.40. The highest BCUT2D eigenvalue weighted by atomic mass is 32.3. The fourth-order valence-electron chi connectivity index (χ4n) is 4.83. The van der Waals surface area contributed by atoms with Gasteiger partial charge in [0, 0.05) is 6.42 Å².